The van der Waals surface area contributed by atoms with Gasteiger partial charge in [-0.2, -0.15) is 0 Å². The van der Waals surface area contributed by atoms with Gasteiger partial charge in [-0.25, -0.2) is 19.9 Å². The van der Waals surface area contributed by atoms with Crippen molar-refractivity contribution >= 4 is 54.5 Å². The van der Waals surface area contributed by atoms with E-state index in [0.29, 0.717) is 11.6 Å². The van der Waals surface area contributed by atoms with Crippen LogP contribution in [0.1, 0.15) is 44.5 Å². The van der Waals surface area contributed by atoms with Crippen LogP contribution in [0.15, 0.2) is 376 Å². The molecule has 0 radical (unpaired) electrons. The van der Waals surface area contributed by atoms with Crippen LogP contribution in [0, 0.1) is 0 Å². The number of rotatable bonds is 8. The number of benzene rings is 16. The van der Waals surface area contributed by atoms with E-state index in [4.69, 9.17) is 29.4 Å². The summed E-state index contributed by atoms with van der Waals surface area (Å²) in [4.78, 5) is 22.1. The Labute approximate surface area is 644 Å². The molecule has 520 valence electrons. The predicted molar refractivity (Wildman–Crippen MR) is 451 cm³/mol. The van der Waals surface area contributed by atoms with Gasteiger partial charge in [0, 0.05) is 88.4 Å². The van der Waals surface area contributed by atoms with E-state index in [1.165, 1.54) is 44.2 Å². The highest BCUT2D eigenvalue weighted by Gasteiger charge is 2.54. The van der Waals surface area contributed by atoms with Gasteiger partial charge in [0.05, 0.1) is 55.5 Å². The summed E-state index contributed by atoms with van der Waals surface area (Å²) in [6, 6.07) is 136. The summed E-state index contributed by atoms with van der Waals surface area (Å²) in [7, 11) is 0. The van der Waals surface area contributed by atoms with Crippen molar-refractivity contribution < 1.29 is 9.47 Å². The molecule has 112 heavy (non-hydrogen) atoms. The first-order valence-electron chi connectivity index (χ1n) is 38.2. The third-order valence-electron chi connectivity index (χ3n) is 24.1. The number of ether oxygens (including phenoxy) is 2. The Kier molecular flexibility index (Phi) is 13.2. The van der Waals surface area contributed by atoms with Crippen LogP contribution in [0.4, 0.5) is 0 Å². The second-order valence-electron chi connectivity index (χ2n) is 29.7. The van der Waals surface area contributed by atoms with E-state index >= 15 is 0 Å². The van der Waals surface area contributed by atoms with Gasteiger partial charge in [-0.3, -0.25) is 0 Å². The maximum Gasteiger partial charge on any atom is 0.160 e. The Morgan fingerprint density at radius 1 is 0.223 bits per heavy atom. The zero-order chi connectivity index (χ0) is 73.3. The van der Waals surface area contributed by atoms with E-state index in [0.717, 1.165) is 168 Å². The van der Waals surface area contributed by atoms with Crippen LogP contribution < -0.4 is 9.47 Å². The number of nitrogens with zero attached hydrogens (tertiary/aromatic N) is 6. The lowest BCUT2D eigenvalue weighted by molar-refractivity contribution is 0.436. The fraction of sp³-hybridized carbons (Fsp3) is 0.0192. The lowest BCUT2D eigenvalue weighted by Gasteiger charge is -2.40. The molecule has 24 rings (SSSR count). The number of hydrogen-bond donors (Lipinski definition) is 0. The van der Waals surface area contributed by atoms with Crippen molar-refractivity contribution in [1.82, 2.24) is 29.1 Å². The van der Waals surface area contributed by atoms with Crippen LogP contribution in [0.3, 0.4) is 0 Å². The number of fused-ring (bicyclic) bond motifs is 25. The Morgan fingerprint density at radius 3 is 1.23 bits per heavy atom. The first-order chi connectivity index (χ1) is 55.5. The Bertz CT molecular complexity index is 7300. The van der Waals surface area contributed by atoms with E-state index < -0.39 is 10.8 Å². The summed E-state index contributed by atoms with van der Waals surface area (Å²) in [5.41, 5.74) is 29.4. The summed E-state index contributed by atoms with van der Waals surface area (Å²) in [6.45, 7) is 0. The highest BCUT2D eigenvalue weighted by atomic mass is 16.5. The van der Waals surface area contributed by atoms with Crippen LogP contribution >= 0.6 is 0 Å². The van der Waals surface area contributed by atoms with Gasteiger partial charge in [0.25, 0.3) is 0 Å². The minimum absolute atomic E-state index is 0.652. The molecule has 2 spiro atoms. The van der Waals surface area contributed by atoms with Crippen molar-refractivity contribution in [3.05, 3.63) is 421 Å². The third kappa shape index (κ3) is 8.77. The van der Waals surface area contributed by atoms with E-state index in [2.05, 4.69) is 379 Å². The second kappa shape index (κ2) is 23.8. The summed E-state index contributed by atoms with van der Waals surface area (Å²) in [6.07, 6.45) is 0. The molecule has 1 unspecified atom stereocenters. The van der Waals surface area contributed by atoms with E-state index in [-0.39, 0.29) is 0 Å². The van der Waals surface area contributed by atoms with Crippen LogP contribution in [0.2, 0.25) is 0 Å². The SMILES string of the molecule is c1ccc(-c2nc(-c3ccc(-n4c5ccccc5c5cc(-c6ccc7c(c6)C6(c8ccccc8O7)c7ccccc7-c7cccc(-c8nc(-c9ccc(-n%10c%11ccccc%11c%11ccccc%11%10)cc9)nc9ccccc89)c76)ccc54)cc3)cc(-c3cccc4c3C3(c5ccccc5Oc5ccccc53)c3ccccc3-4)n2)cc1. The van der Waals surface area contributed by atoms with Crippen LogP contribution in [-0.2, 0) is 10.8 Å². The van der Waals surface area contributed by atoms with E-state index in [9.17, 15) is 0 Å². The molecule has 6 heterocycles. The van der Waals surface area contributed by atoms with Crippen molar-refractivity contribution in [3.63, 3.8) is 0 Å². The number of hydrogen-bond acceptors (Lipinski definition) is 6. The molecule has 0 fully saturated rings. The molecule has 0 saturated carbocycles. The van der Waals surface area contributed by atoms with E-state index in [1.54, 1.807) is 0 Å². The van der Waals surface area contributed by atoms with Crippen molar-refractivity contribution in [2.24, 2.45) is 0 Å². The topological polar surface area (TPSA) is 79.9 Å². The average molecular weight is 1430 g/mol. The summed E-state index contributed by atoms with van der Waals surface area (Å²) < 4.78 is 18.7. The molecule has 20 aromatic rings. The smallest absolute Gasteiger partial charge is 0.160 e. The molecule has 4 aliphatic rings. The molecule has 0 saturated heterocycles. The second-order valence-corrected chi connectivity index (χ2v) is 29.7. The van der Waals surface area contributed by atoms with Gasteiger partial charge in [0.15, 0.2) is 11.6 Å². The maximum absolute atomic E-state index is 7.16. The first kappa shape index (κ1) is 62.2. The minimum atomic E-state index is -0.844. The highest BCUT2D eigenvalue weighted by Crippen LogP contribution is 2.66. The predicted octanol–water partition coefficient (Wildman–Crippen LogP) is 25.6. The third-order valence-corrected chi connectivity index (χ3v) is 24.1. The zero-order valence-corrected chi connectivity index (χ0v) is 60.3. The lowest BCUT2D eigenvalue weighted by Crippen LogP contribution is -2.32. The largest absolute Gasteiger partial charge is 0.457 e. The van der Waals surface area contributed by atoms with Crippen molar-refractivity contribution in [2.75, 3.05) is 0 Å². The maximum atomic E-state index is 7.16. The fourth-order valence-corrected chi connectivity index (χ4v) is 19.5. The lowest BCUT2D eigenvalue weighted by atomic mass is 9.64. The van der Waals surface area contributed by atoms with Crippen molar-refractivity contribution in [1.29, 1.82) is 0 Å². The Hall–Kier alpha value is -14.9. The zero-order valence-electron chi connectivity index (χ0n) is 60.3. The normalized spacial score (nSPS) is 14.3. The molecule has 4 aromatic heterocycles. The van der Waals surface area contributed by atoms with Crippen LogP contribution in [0.25, 0.3) is 156 Å². The van der Waals surface area contributed by atoms with Gasteiger partial charge >= 0.3 is 0 Å². The highest BCUT2D eigenvalue weighted by molar-refractivity contribution is 6.12. The van der Waals surface area contributed by atoms with Gasteiger partial charge in [-0.1, -0.05) is 267 Å². The molecule has 0 amide bonds. The molecule has 0 N–H and O–H groups in total. The van der Waals surface area contributed by atoms with Crippen molar-refractivity contribution in [2.45, 2.75) is 10.8 Å². The summed E-state index contributed by atoms with van der Waals surface area (Å²) in [5, 5.41) is 5.74. The van der Waals surface area contributed by atoms with E-state index in [1.807, 2.05) is 6.07 Å². The summed E-state index contributed by atoms with van der Waals surface area (Å²) >= 11 is 0. The molecular formula is C104H62N6O2. The van der Waals surface area contributed by atoms with Gasteiger partial charge in [0.1, 0.15) is 23.0 Å². The quantitative estimate of drug-likeness (QED) is 0.151. The first-order valence-corrected chi connectivity index (χ1v) is 38.2. The van der Waals surface area contributed by atoms with Crippen LogP contribution in [-0.4, -0.2) is 29.1 Å². The Balaban J connectivity index is 0.629. The molecule has 2 aliphatic heterocycles. The molecule has 16 aromatic carbocycles. The summed E-state index contributed by atoms with van der Waals surface area (Å²) in [5.74, 6) is 4.63. The molecule has 1 atom stereocenters. The molecular weight excluding hydrogens is 1370 g/mol. The molecule has 2 aliphatic carbocycles. The Morgan fingerprint density at radius 2 is 0.625 bits per heavy atom. The van der Waals surface area contributed by atoms with Gasteiger partial charge in [0.2, 0.25) is 0 Å². The molecule has 8 heteroatoms. The molecule has 0 bridgehead atoms. The van der Waals surface area contributed by atoms with Gasteiger partial charge in [-0.05, 0) is 165 Å². The fourth-order valence-electron chi connectivity index (χ4n) is 19.5. The standard InChI is InChI=1S/C104H62N6O2/c1-2-24-64(25-3-1)101-106-88(62-89(107-101)77-34-22-32-75-70-26-4-10-36-81(70)103(98(75)77)83-38-12-19-45-94(83)111-95-46-20-13-39-84(95)103)63-48-54-68(55-49-63)110-92-44-18-9-30-74(92)80-60-66(52-58-93(80)110)67-53-59-97-86(61-67)104(85-40-14-21-47-96(85)112-97)82-37-11-5-27-71(82)76-33-23-35-79(99(76)104)100-78-31-6-15-41-87(78)105-102(108-100)65-50-56-69(57-51-65)109-90-42-16-7-28-72(90)73-29-8-17-43-91(73)109/h1-62H. The number of aromatic nitrogens is 6. The van der Waals surface area contributed by atoms with Crippen LogP contribution in [0.5, 0.6) is 23.0 Å². The average Bonchev–Trinajstić information content (AvgIpc) is 1.51. The van der Waals surface area contributed by atoms with Gasteiger partial charge < -0.3 is 18.6 Å². The molecule has 8 nitrogen and oxygen atoms in total. The minimum Gasteiger partial charge on any atom is -0.457 e. The number of para-hydroxylation sites is 7. The van der Waals surface area contributed by atoms with Crippen molar-refractivity contribution in [3.8, 4) is 124 Å². The monoisotopic (exact) mass is 1430 g/mol. The van der Waals surface area contributed by atoms with Gasteiger partial charge in [-0.15, -0.1) is 0 Å².